The number of anilines is 2. The fourth-order valence-electron chi connectivity index (χ4n) is 4.89. The number of nitrogens with one attached hydrogen (secondary N) is 2. The van der Waals surface area contributed by atoms with Crippen LogP contribution in [0.5, 0.6) is 0 Å². The number of carbonyl (C=O) groups excluding carboxylic acids is 2. The molecule has 2 heterocycles. The van der Waals surface area contributed by atoms with Crippen molar-refractivity contribution in [3.8, 4) is 11.1 Å². The SMILES string of the molecule is Cc1ccc(NC(=O)c2ccc(CN3CCN(C)CC3)c(C(F)(F)F)c2)cc1NC(=O)c1cccc(-c2cncnc2)c1. The van der Waals surface area contributed by atoms with Gasteiger partial charge in [0.15, 0.2) is 0 Å². The second kappa shape index (κ2) is 12.7. The van der Waals surface area contributed by atoms with Gasteiger partial charge >= 0.3 is 6.18 Å². The number of carbonyl (C=O) groups is 2. The summed E-state index contributed by atoms with van der Waals surface area (Å²) < 4.78 is 42.0. The molecule has 0 spiro atoms. The van der Waals surface area contributed by atoms with Crippen molar-refractivity contribution in [2.45, 2.75) is 19.6 Å². The molecule has 1 aliphatic heterocycles. The molecule has 0 atom stereocenters. The minimum Gasteiger partial charge on any atom is -0.322 e. The van der Waals surface area contributed by atoms with Gasteiger partial charge in [-0.15, -0.1) is 0 Å². The van der Waals surface area contributed by atoms with Gasteiger partial charge in [0, 0.05) is 73.2 Å². The zero-order chi connectivity index (χ0) is 30.6. The van der Waals surface area contributed by atoms with Gasteiger partial charge in [0.2, 0.25) is 0 Å². The Morgan fingerprint density at radius 1 is 0.837 bits per heavy atom. The van der Waals surface area contributed by atoms with Crippen molar-refractivity contribution in [1.82, 2.24) is 19.8 Å². The number of likely N-dealkylation sites (N-methyl/N-ethyl adjacent to an activating group) is 1. The lowest BCUT2D eigenvalue weighted by Crippen LogP contribution is -2.44. The highest BCUT2D eigenvalue weighted by Crippen LogP contribution is 2.34. The monoisotopic (exact) mass is 588 g/mol. The second-order valence-electron chi connectivity index (χ2n) is 10.6. The van der Waals surface area contributed by atoms with Gasteiger partial charge in [-0.1, -0.05) is 24.3 Å². The van der Waals surface area contributed by atoms with E-state index in [0.717, 1.165) is 35.8 Å². The Balaban J connectivity index is 1.30. The normalized spacial score (nSPS) is 14.3. The summed E-state index contributed by atoms with van der Waals surface area (Å²) in [5.74, 6) is -1.05. The summed E-state index contributed by atoms with van der Waals surface area (Å²) in [5, 5.41) is 5.53. The third-order valence-electron chi connectivity index (χ3n) is 7.43. The molecule has 2 N–H and O–H groups in total. The van der Waals surface area contributed by atoms with E-state index >= 15 is 0 Å². The predicted molar refractivity (Wildman–Crippen MR) is 159 cm³/mol. The van der Waals surface area contributed by atoms with Crippen molar-refractivity contribution < 1.29 is 22.8 Å². The van der Waals surface area contributed by atoms with E-state index in [9.17, 15) is 22.8 Å². The molecule has 5 rings (SSSR count). The first-order valence-electron chi connectivity index (χ1n) is 13.8. The van der Waals surface area contributed by atoms with Crippen LogP contribution in [0.4, 0.5) is 24.5 Å². The highest BCUT2D eigenvalue weighted by atomic mass is 19.4. The van der Waals surface area contributed by atoms with Gasteiger partial charge in [0.25, 0.3) is 11.8 Å². The minimum absolute atomic E-state index is 0.109. The smallest absolute Gasteiger partial charge is 0.322 e. The van der Waals surface area contributed by atoms with E-state index in [4.69, 9.17) is 0 Å². The van der Waals surface area contributed by atoms with Gasteiger partial charge in [-0.25, -0.2) is 9.97 Å². The van der Waals surface area contributed by atoms with Crippen LogP contribution in [0.1, 0.15) is 37.4 Å². The first kappa shape index (κ1) is 29.9. The number of benzene rings is 3. The standard InChI is InChI=1S/C32H31F3N6O2/c1-21-6-9-27(16-29(21)39-31(43)23-5-3-4-22(14-23)26-17-36-20-37-18-26)38-30(42)24-7-8-25(28(15-24)32(33,34)35)19-41-12-10-40(2)11-13-41/h3-9,14-18,20H,10-13,19H2,1-2H3,(H,38,42)(H,39,43). The number of piperazine rings is 1. The maximum absolute atomic E-state index is 14.0. The lowest BCUT2D eigenvalue weighted by atomic mass is 10.0. The number of aryl methyl sites for hydroxylation is 1. The molecular formula is C32H31F3N6O2. The Kier molecular flexibility index (Phi) is 8.84. The molecule has 0 saturated carbocycles. The van der Waals surface area contributed by atoms with Gasteiger partial charge < -0.3 is 15.5 Å². The molecule has 11 heteroatoms. The van der Waals surface area contributed by atoms with E-state index in [-0.39, 0.29) is 23.6 Å². The van der Waals surface area contributed by atoms with Crippen molar-refractivity contribution in [1.29, 1.82) is 0 Å². The Morgan fingerprint density at radius 2 is 1.53 bits per heavy atom. The molecule has 1 aromatic heterocycles. The molecule has 1 fully saturated rings. The third kappa shape index (κ3) is 7.43. The molecule has 1 saturated heterocycles. The maximum Gasteiger partial charge on any atom is 0.416 e. The van der Waals surface area contributed by atoms with Crippen molar-refractivity contribution >= 4 is 23.2 Å². The quantitative estimate of drug-likeness (QED) is 0.287. The fraction of sp³-hybridized carbons (Fsp3) is 0.250. The molecule has 0 bridgehead atoms. The highest BCUT2D eigenvalue weighted by molar-refractivity contribution is 6.07. The topological polar surface area (TPSA) is 90.5 Å². The number of hydrogen-bond donors (Lipinski definition) is 2. The Hall–Kier alpha value is -4.61. The summed E-state index contributed by atoms with van der Waals surface area (Å²) in [6.07, 6.45) is 0.122. The zero-order valence-corrected chi connectivity index (χ0v) is 23.8. The molecule has 0 radical (unpaired) electrons. The first-order valence-corrected chi connectivity index (χ1v) is 13.8. The zero-order valence-electron chi connectivity index (χ0n) is 23.8. The number of halogens is 3. The van der Waals surface area contributed by atoms with E-state index in [2.05, 4.69) is 25.5 Å². The molecule has 1 aliphatic rings. The summed E-state index contributed by atoms with van der Waals surface area (Å²) in [6.45, 7) is 4.89. The predicted octanol–water partition coefficient (Wildman–Crippen LogP) is 5.72. The molecule has 0 aliphatic carbocycles. The molecule has 4 aromatic rings. The van der Waals surface area contributed by atoms with Gasteiger partial charge in [-0.05, 0) is 67.1 Å². The molecule has 8 nitrogen and oxygen atoms in total. The number of nitrogens with zero attached hydrogens (tertiary/aromatic N) is 4. The number of rotatable bonds is 7. The third-order valence-corrected chi connectivity index (χ3v) is 7.43. The first-order chi connectivity index (χ1) is 20.6. The number of aromatic nitrogens is 2. The summed E-state index contributed by atoms with van der Waals surface area (Å²) in [4.78, 5) is 38.3. The van der Waals surface area contributed by atoms with Crippen LogP contribution in [-0.2, 0) is 12.7 Å². The van der Waals surface area contributed by atoms with Gasteiger partial charge in [0.05, 0.1) is 5.56 Å². The number of hydrogen-bond acceptors (Lipinski definition) is 6. The summed E-state index contributed by atoms with van der Waals surface area (Å²) in [7, 11) is 1.98. The van der Waals surface area contributed by atoms with Gasteiger partial charge in [-0.3, -0.25) is 14.5 Å². The summed E-state index contributed by atoms with van der Waals surface area (Å²) in [5.41, 5.74) is 2.68. The number of amides is 2. The van der Waals surface area contributed by atoms with Crippen LogP contribution in [0.2, 0.25) is 0 Å². The van der Waals surface area contributed by atoms with Crippen LogP contribution < -0.4 is 10.6 Å². The average molecular weight is 589 g/mol. The molecule has 222 valence electrons. The van der Waals surface area contributed by atoms with Crippen LogP contribution in [0, 0.1) is 6.92 Å². The fourth-order valence-corrected chi connectivity index (χ4v) is 4.89. The van der Waals surface area contributed by atoms with E-state index < -0.39 is 17.6 Å². The van der Waals surface area contributed by atoms with Crippen LogP contribution in [0.15, 0.2) is 79.4 Å². The van der Waals surface area contributed by atoms with E-state index in [1.54, 1.807) is 55.7 Å². The van der Waals surface area contributed by atoms with E-state index in [1.165, 1.54) is 18.5 Å². The van der Waals surface area contributed by atoms with Crippen molar-refractivity contribution in [3.63, 3.8) is 0 Å². The molecule has 3 aromatic carbocycles. The van der Waals surface area contributed by atoms with Crippen molar-refractivity contribution in [2.24, 2.45) is 0 Å². The Labute approximate surface area is 247 Å². The molecule has 2 amide bonds. The summed E-state index contributed by atoms with van der Waals surface area (Å²) >= 11 is 0. The lowest BCUT2D eigenvalue weighted by molar-refractivity contribution is -0.138. The molecule has 0 unspecified atom stereocenters. The van der Waals surface area contributed by atoms with Crippen molar-refractivity contribution in [2.75, 3.05) is 43.9 Å². The van der Waals surface area contributed by atoms with Crippen LogP contribution in [-0.4, -0.2) is 64.8 Å². The second-order valence-corrected chi connectivity index (χ2v) is 10.6. The molecular weight excluding hydrogens is 557 g/mol. The number of alkyl halides is 3. The molecule has 43 heavy (non-hydrogen) atoms. The van der Waals surface area contributed by atoms with Crippen LogP contribution in [0.3, 0.4) is 0 Å². The van der Waals surface area contributed by atoms with Crippen molar-refractivity contribution in [3.05, 3.63) is 107 Å². The Bertz CT molecular complexity index is 1620. The van der Waals surface area contributed by atoms with Crippen LogP contribution >= 0.6 is 0 Å². The van der Waals surface area contributed by atoms with E-state index in [0.29, 0.717) is 30.0 Å². The van der Waals surface area contributed by atoms with Gasteiger partial charge in [0.1, 0.15) is 6.33 Å². The highest BCUT2D eigenvalue weighted by Gasteiger charge is 2.34. The maximum atomic E-state index is 14.0. The lowest BCUT2D eigenvalue weighted by Gasteiger charge is -2.33. The van der Waals surface area contributed by atoms with Gasteiger partial charge in [-0.2, -0.15) is 13.2 Å². The largest absolute Gasteiger partial charge is 0.416 e. The summed E-state index contributed by atoms with van der Waals surface area (Å²) in [6, 6.07) is 15.6. The minimum atomic E-state index is -4.61. The van der Waals surface area contributed by atoms with Crippen LogP contribution in [0.25, 0.3) is 11.1 Å². The van der Waals surface area contributed by atoms with E-state index in [1.807, 2.05) is 18.0 Å². The Morgan fingerprint density at radius 3 is 2.26 bits per heavy atom. The average Bonchev–Trinajstić information content (AvgIpc) is 3.00.